The number of aliphatic imine (C=N–C) groups is 1. The monoisotopic (exact) mass is 567 g/mol. The first kappa shape index (κ1) is 27.6. The van der Waals surface area contributed by atoms with E-state index in [1.165, 1.54) is 17.6 Å². The molecule has 10 nitrogen and oxygen atoms in total. The summed E-state index contributed by atoms with van der Waals surface area (Å²) in [5.74, 6) is -1.41. The third-order valence-electron chi connectivity index (χ3n) is 7.97. The molecule has 216 valence electrons. The fourth-order valence-corrected chi connectivity index (χ4v) is 5.81. The number of H-pyrrole nitrogens is 1. The number of aromatic amines is 1. The summed E-state index contributed by atoms with van der Waals surface area (Å²) < 4.78 is 0. The van der Waals surface area contributed by atoms with Gasteiger partial charge in [-0.3, -0.25) is 14.5 Å². The van der Waals surface area contributed by atoms with Crippen molar-refractivity contribution in [2.75, 3.05) is 33.3 Å². The van der Waals surface area contributed by atoms with Gasteiger partial charge in [-0.25, -0.2) is 14.9 Å². The van der Waals surface area contributed by atoms with Gasteiger partial charge in [0.2, 0.25) is 0 Å². The molecular formula is C32H33N5O5. The highest BCUT2D eigenvalue weighted by Crippen LogP contribution is 2.33. The second kappa shape index (κ2) is 11.4. The average Bonchev–Trinajstić information content (AvgIpc) is 3.29. The largest absolute Gasteiger partial charge is 0.494 e. The highest BCUT2D eigenvalue weighted by Gasteiger charge is 2.36. The van der Waals surface area contributed by atoms with E-state index in [9.17, 15) is 19.8 Å². The Bertz CT molecular complexity index is 1650. The Kier molecular flexibility index (Phi) is 7.51. The number of piperidine rings is 1. The third-order valence-corrected chi connectivity index (χ3v) is 7.97. The van der Waals surface area contributed by atoms with Crippen molar-refractivity contribution in [1.29, 1.82) is 0 Å². The molecule has 0 spiro atoms. The normalized spacial score (nSPS) is 18.6. The fourth-order valence-electron chi connectivity index (χ4n) is 5.81. The van der Waals surface area contributed by atoms with E-state index in [4.69, 9.17) is 9.83 Å². The average molecular weight is 568 g/mol. The van der Waals surface area contributed by atoms with Gasteiger partial charge in [0.1, 0.15) is 0 Å². The molecule has 3 aliphatic rings. The lowest BCUT2D eigenvalue weighted by Crippen LogP contribution is -2.67. The first-order chi connectivity index (χ1) is 20.3. The lowest BCUT2D eigenvalue weighted by molar-refractivity contribution is -0.113. The SMILES string of the molecule is Cc1cc2c(C(=Nc3ccc(C(=O)N(C)OCCN4CC5CC(C4)N5)cc3)c3ccccc3)c(O)[nH]c2cc1C(=O)O. The molecule has 4 aromatic rings. The summed E-state index contributed by atoms with van der Waals surface area (Å²) in [6, 6.07) is 20.8. The topological polar surface area (TPSA) is 130 Å². The molecule has 4 heterocycles. The van der Waals surface area contributed by atoms with Gasteiger partial charge in [-0.2, -0.15) is 0 Å². The highest BCUT2D eigenvalue weighted by molar-refractivity contribution is 6.22. The Hall–Kier alpha value is -4.51. The Morgan fingerprint density at radius 1 is 1.05 bits per heavy atom. The number of aromatic carboxylic acids is 1. The molecule has 0 radical (unpaired) electrons. The fraction of sp³-hybridized carbons (Fsp3) is 0.281. The van der Waals surface area contributed by atoms with Crippen LogP contribution in [-0.4, -0.2) is 88.1 Å². The zero-order valence-electron chi connectivity index (χ0n) is 23.5. The first-order valence-corrected chi connectivity index (χ1v) is 14.0. The van der Waals surface area contributed by atoms with Crippen molar-refractivity contribution in [3.63, 3.8) is 0 Å². The van der Waals surface area contributed by atoms with Crippen LogP contribution in [0.4, 0.5) is 5.69 Å². The molecule has 0 aliphatic carbocycles. The molecule has 2 bridgehead atoms. The Morgan fingerprint density at radius 3 is 2.40 bits per heavy atom. The van der Waals surface area contributed by atoms with Crippen LogP contribution in [0.2, 0.25) is 0 Å². The second-order valence-electron chi connectivity index (χ2n) is 10.9. The Balaban J connectivity index is 1.23. The van der Waals surface area contributed by atoms with Crippen LogP contribution in [0.3, 0.4) is 0 Å². The molecule has 3 saturated heterocycles. The quantitative estimate of drug-likeness (QED) is 0.177. The van der Waals surface area contributed by atoms with Gasteiger partial charge in [-0.1, -0.05) is 30.3 Å². The number of piperazine rings is 1. The number of benzene rings is 3. The van der Waals surface area contributed by atoms with E-state index in [1.54, 1.807) is 44.3 Å². The number of aromatic nitrogens is 1. The lowest BCUT2D eigenvalue weighted by Gasteiger charge is -2.48. The Morgan fingerprint density at radius 2 is 1.74 bits per heavy atom. The van der Waals surface area contributed by atoms with Crippen molar-refractivity contribution in [2.45, 2.75) is 25.4 Å². The zero-order chi connectivity index (χ0) is 29.4. The van der Waals surface area contributed by atoms with Crippen molar-refractivity contribution in [1.82, 2.24) is 20.3 Å². The molecule has 3 aromatic carbocycles. The van der Waals surface area contributed by atoms with Gasteiger partial charge in [0.25, 0.3) is 5.91 Å². The summed E-state index contributed by atoms with van der Waals surface area (Å²) in [7, 11) is 1.62. The molecule has 2 atom stereocenters. The number of nitrogens with zero attached hydrogens (tertiary/aromatic N) is 3. The van der Waals surface area contributed by atoms with Gasteiger partial charge in [-0.15, -0.1) is 0 Å². The number of hydroxylamine groups is 2. The van der Waals surface area contributed by atoms with E-state index in [-0.39, 0.29) is 17.4 Å². The number of carbonyl (C=O) groups excluding carboxylic acids is 1. The molecular weight excluding hydrogens is 534 g/mol. The number of carbonyl (C=O) groups is 2. The first-order valence-electron chi connectivity index (χ1n) is 14.0. The maximum absolute atomic E-state index is 13.0. The van der Waals surface area contributed by atoms with Crippen LogP contribution in [0, 0.1) is 6.92 Å². The van der Waals surface area contributed by atoms with E-state index < -0.39 is 5.97 Å². The van der Waals surface area contributed by atoms with Crippen LogP contribution in [-0.2, 0) is 4.84 Å². The minimum atomic E-state index is -1.04. The summed E-state index contributed by atoms with van der Waals surface area (Å²) in [6.07, 6.45) is 1.25. The molecule has 3 fully saturated rings. The summed E-state index contributed by atoms with van der Waals surface area (Å²) in [5, 5.41) is 25.9. The number of rotatable bonds is 9. The minimum absolute atomic E-state index is 0.113. The Labute approximate surface area is 243 Å². The van der Waals surface area contributed by atoms with E-state index in [0.717, 1.165) is 25.2 Å². The van der Waals surface area contributed by atoms with Crippen molar-refractivity contribution in [3.8, 4) is 5.88 Å². The minimum Gasteiger partial charge on any atom is -0.494 e. The molecule has 1 amide bonds. The lowest BCUT2D eigenvalue weighted by atomic mass is 9.91. The summed E-state index contributed by atoms with van der Waals surface area (Å²) in [5.41, 5.74) is 4.00. The number of hydrogen-bond donors (Lipinski definition) is 4. The smallest absolute Gasteiger partial charge is 0.336 e. The molecule has 10 heteroatoms. The molecule has 0 saturated carbocycles. The van der Waals surface area contributed by atoms with E-state index in [2.05, 4.69) is 15.2 Å². The van der Waals surface area contributed by atoms with Crippen LogP contribution >= 0.6 is 0 Å². The number of carboxylic acid groups (broad SMARTS) is 1. The third kappa shape index (κ3) is 5.52. The van der Waals surface area contributed by atoms with E-state index >= 15 is 0 Å². The maximum Gasteiger partial charge on any atom is 0.336 e. The van der Waals surface area contributed by atoms with Crippen LogP contribution in [0.5, 0.6) is 5.88 Å². The number of fused-ring (bicyclic) bond motifs is 3. The zero-order valence-corrected chi connectivity index (χ0v) is 23.5. The molecule has 4 N–H and O–H groups in total. The van der Waals surface area contributed by atoms with E-state index in [1.807, 2.05) is 30.3 Å². The van der Waals surface area contributed by atoms with Crippen molar-refractivity contribution >= 4 is 34.2 Å². The molecule has 42 heavy (non-hydrogen) atoms. The number of carboxylic acids is 1. The molecule has 2 unspecified atom stereocenters. The second-order valence-corrected chi connectivity index (χ2v) is 10.9. The number of nitrogens with one attached hydrogen (secondary N) is 2. The number of aromatic hydroxyl groups is 1. The maximum atomic E-state index is 13.0. The van der Waals surface area contributed by atoms with Gasteiger partial charge < -0.3 is 20.5 Å². The summed E-state index contributed by atoms with van der Waals surface area (Å²) in [4.78, 5) is 40.5. The van der Waals surface area contributed by atoms with Crippen LogP contribution in [0.25, 0.3) is 10.9 Å². The summed E-state index contributed by atoms with van der Waals surface area (Å²) >= 11 is 0. The van der Waals surface area contributed by atoms with Gasteiger partial charge in [0.15, 0.2) is 5.88 Å². The van der Waals surface area contributed by atoms with E-state index in [0.29, 0.717) is 57.7 Å². The van der Waals surface area contributed by atoms with Gasteiger partial charge >= 0.3 is 5.97 Å². The van der Waals surface area contributed by atoms with Gasteiger partial charge in [-0.05, 0) is 55.3 Å². The number of hydrogen-bond acceptors (Lipinski definition) is 7. The van der Waals surface area contributed by atoms with Crippen molar-refractivity contribution in [3.05, 3.63) is 94.5 Å². The molecule has 1 aromatic heterocycles. The van der Waals surface area contributed by atoms with Crippen molar-refractivity contribution < 1.29 is 24.6 Å². The standard InChI is InChI=1S/C32H33N5O5/c1-19-14-26-27(16-25(19)32(40)41)35-30(38)28(26)29(20-6-4-3-5-7-20)34-22-10-8-21(9-11-22)31(39)36(2)42-13-12-37-17-23-15-24(18-37)33-23/h3-11,14,16,23-24,33,35,38H,12-13,15,17-18H2,1-2H3,(H,40,41). The molecule has 3 aliphatic heterocycles. The number of aryl methyl sites for hydroxylation is 1. The highest BCUT2D eigenvalue weighted by atomic mass is 16.7. The van der Waals surface area contributed by atoms with Gasteiger partial charge in [0.05, 0.1) is 29.1 Å². The predicted octanol–water partition coefficient (Wildman–Crippen LogP) is 4.10. The van der Waals surface area contributed by atoms with Gasteiger partial charge in [0, 0.05) is 60.8 Å². The molecule has 7 rings (SSSR count). The van der Waals surface area contributed by atoms with Crippen LogP contribution < -0.4 is 5.32 Å². The van der Waals surface area contributed by atoms with Crippen LogP contribution in [0.1, 0.15) is 43.8 Å². The summed E-state index contributed by atoms with van der Waals surface area (Å²) in [6.45, 7) is 4.97. The predicted molar refractivity (Wildman–Crippen MR) is 160 cm³/mol. The van der Waals surface area contributed by atoms with Crippen molar-refractivity contribution in [2.24, 2.45) is 4.99 Å². The number of amides is 1. The van der Waals surface area contributed by atoms with Crippen LogP contribution in [0.15, 0.2) is 71.7 Å².